The lowest BCUT2D eigenvalue weighted by Crippen LogP contribution is -2.39. The minimum Gasteiger partial charge on any atom is -0.444 e. The Balaban J connectivity index is 2.23. The first-order valence-corrected chi connectivity index (χ1v) is 14.5. The molecule has 0 saturated heterocycles. The summed E-state index contributed by atoms with van der Waals surface area (Å²) in [5.41, 5.74) is 8.35. The molecule has 0 aromatic heterocycles. The molecule has 2 amide bonds. The molecule has 0 saturated carbocycles. The molecule has 1 aliphatic carbocycles. The average Bonchev–Trinajstić information content (AvgIpc) is 2.76. The molecule has 0 fully saturated rings. The standard InChI is InChI=1S/C26H33Cl2N3O5S/c1-26(2,3)36-25(33)31(4)22-12-8-16(15-6-10-19(27)20(28)14-15)17-7-11-21(30-37(5,34)35)18(24(17)22)9-13-23(29)32/h6-7,10-11,14,16,22,30H,8-9,12-13H2,1-5H3,(H2,29,32)/t16-,22-/m0/s1. The summed E-state index contributed by atoms with van der Waals surface area (Å²) < 4.78 is 32.6. The number of halogens is 2. The maximum absolute atomic E-state index is 13.1. The van der Waals surface area contributed by atoms with E-state index in [1.807, 2.05) is 18.2 Å². The molecule has 8 nitrogen and oxygen atoms in total. The molecule has 3 N–H and O–H groups in total. The van der Waals surface area contributed by atoms with Crippen molar-refractivity contribution in [3.63, 3.8) is 0 Å². The average molecular weight is 571 g/mol. The number of carbonyl (C=O) groups is 2. The summed E-state index contributed by atoms with van der Waals surface area (Å²) in [6.45, 7) is 5.38. The molecule has 37 heavy (non-hydrogen) atoms. The van der Waals surface area contributed by atoms with Crippen molar-refractivity contribution < 1.29 is 22.7 Å². The van der Waals surface area contributed by atoms with Crippen LogP contribution in [0.1, 0.15) is 74.2 Å². The van der Waals surface area contributed by atoms with E-state index in [4.69, 9.17) is 33.7 Å². The van der Waals surface area contributed by atoms with Crippen molar-refractivity contribution in [3.8, 4) is 0 Å². The van der Waals surface area contributed by atoms with Gasteiger partial charge < -0.3 is 15.4 Å². The van der Waals surface area contributed by atoms with Crippen molar-refractivity contribution in [3.05, 3.63) is 62.6 Å². The van der Waals surface area contributed by atoms with E-state index in [-0.39, 0.29) is 18.8 Å². The van der Waals surface area contributed by atoms with Gasteiger partial charge in [0.05, 0.1) is 28.0 Å². The number of amides is 2. The van der Waals surface area contributed by atoms with Crippen molar-refractivity contribution >= 4 is 50.9 Å². The van der Waals surface area contributed by atoms with Gasteiger partial charge >= 0.3 is 6.09 Å². The Hall–Kier alpha value is -2.49. The smallest absolute Gasteiger partial charge is 0.410 e. The van der Waals surface area contributed by atoms with Crippen LogP contribution < -0.4 is 10.5 Å². The van der Waals surface area contributed by atoms with Crippen molar-refractivity contribution in [2.45, 2.75) is 64.0 Å². The van der Waals surface area contributed by atoms with E-state index in [0.29, 0.717) is 34.1 Å². The Kier molecular flexibility index (Phi) is 8.71. The molecule has 0 aliphatic heterocycles. The fraction of sp³-hybridized carbons (Fsp3) is 0.462. The zero-order chi connectivity index (χ0) is 27.7. The van der Waals surface area contributed by atoms with Crippen LogP contribution in [0, 0.1) is 0 Å². The molecule has 3 rings (SSSR count). The van der Waals surface area contributed by atoms with E-state index in [1.54, 1.807) is 40.0 Å². The van der Waals surface area contributed by atoms with Crippen LogP contribution in [0.5, 0.6) is 0 Å². The number of sulfonamides is 1. The van der Waals surface area contributed by atoms with Gasteiger partial charge in [-0.2, -0.15) is 0 Å². The lowest BCUT2D eigenvalue weighted by molar-refractivity contribution is -0.118. The Morgan fingerprint density at radius 1 is 1.14 bits per heavy atom. The topological polar surface area (TPSA) is 119 Å². The van der Waals surface area contributed by atoms with Gasteiger partial charge in [-0.05, 0) is 80.5 Å². The SMILES string of the molecule is CN(C(=O)OC(C)(C)C)[C@H]1CC[C@@H](c2ccc(Cl)c(Cl)c2)c2ccc(NS(C)(=O)=O)c(CCC(N)=O)c21. The fourth-order valence-corrected chi connectivity index (χ4v) is 5.64. The summed E-state index contributed by atoms with van der Waals surface area (Å²) in [6.07, 6.45) is 2.03. The van der Waals surface area contributed by atoms with Gasteiger partial charge in [0.25, 0.3) is 0 Å². The van der Waals surface area contributed by atoms with Gasteiger partial charge in [-0.3, -0.25) is 9.52 Å². The van der Waals surface area contributed by atoms with Crippen molar-refractivity contribution in [2.75, 3.05) is 18.0 Å². The van der Waals surface area contributed by atoms with Crippen molar-refractivity contribution in [2.24, 2.45) is 5.73 Å². The maximum atomic E-state index is 13.1. The van der Waals surface area contributed by atoms with Crippen LogP contribution in [0.15, 0.2) is 30.3 Å². The number of primary amides is 1. The highest BCUT2D eigenvalue weighted by molar-refractivity contribution is 7.92. The molecule has 0 unspecified atom stereocenters. The minimum atomic E-state index is -3.62. The third kappa shape index (κ3) is 7.30. The Bertz CT molecular complexity index is 1310. The quantitative estimate of drug-likeness (QED) is 0.448. The second-order valence-electron chi connectivity index (χ2n) is 10.3. The Morgan fingerprint density at radius 3 is 2.38 bits per heavy atom. The van der Waals surface area contributed by atoms with E-state index in [0.717, 1.165) is 22.9 Å². The zero-order valence-corrected chi connectivity index (χ0v) is 23.9. The van der Waals surface area contributed by atoms with E-state index in [1.165, 1.54) is 4.90 Å². The van der Waals surface area contributed by atoms with E-state index in [2.05, 4.69) is 4.72 Å². The third-order valence-electron chi connectivity index (χ3n) is 6.24. The van der Waals surface area contributed by atoms with E-state index in [9.17, 15) is 18.0 Å². The molecule has 1 aliphatic rings. The molecule has 2 aromatic carbocycles. The fourth-order valence-electron chi connectivity index (χ4n) is 4.74. The summed E-state index contributed by atoms with van der Waals surface area (Å²) in [6, 6.07) is 8.60. The summed E-state index contributed by atoms with van der Waals surface area (Å²) in [5.74, 6) is -0.607. The van der Waals surface area contributed by atoms with Crippen molar-refractivity contribution in [1.29, 1.82) is 0 Å². The predicted octanol–water partition coefficient (Wildman–Crippen LogP) is 5.62. The van der Waals surface area contributed by atoms with Gasteiger partial charge in [-0.25, -0.2) is 13.2 Å². The molecule has 2 atom stereocenters. The number of carbonyl (C=O) groups excluding carboxylic acids is 2. The lowest BCUT2D eigenvalue weighted by atomic mass is 9.74. The minimum absolute atomic E-state index is 0.00913. The first-order valence-electron chi connectivity index (χ1n) is 11.9. The van der Waals surface area contributed by atoms with Gasteiger partial charge in [-0.1, -0.05) is 35.3 Å². The van der Waals surface area contributed by atoms with Gasteiger partial charge in [0, 0.05) is 19.4 Å². The number of hydrogen-bond acceptors (Lipinski definition) is 5. The van der Waals surface area contributed by atoms with Gasteiger partial charge in [0.2, 0.25) is 15.9 Å². The van der Waals surface area contributed by atoms with Crippen LogP contribution in [-0.2, 0) is 26.0 Å². The largest absolute Gasteiger partial charge is 0.444 e. The number of anilines is 1. The highest BCUT2D eigenvalue weighted by Gasteiger charge is 2.36. The first kappa shape index (κ1) is 29.1. The van der Waals surface area contributed by atoms with Crippen LogP contribution in [0.4, 0.5) is 10.5 Å². The molecule has 0 bridgehead atoms. The Morgan fingerprint density at radius 2 is 1.81 bits per heavy atom. The summed E-state index contributed by atoms with van der Waals surface area (Å²) >= 11 is 12.5. The molecule has 11 heteroatoms. The van der Waals surface area contributed by atoms with Crippen LogP contribution >= 0.6 is 23.2 Å². The Labute approximate surface area is 228 Å². The van der Waals surface area contributed by atoms with Gasteiger partial charge in [-0.15, -0.1) is 0 Å². The monoisotopic (exact) mass is 569 g/mol. The van der Waals surface area contributed by atoms with Crippen LogP contribution in [0.25, 0.3) is 0 Å². The second kappa shape index (κ2) is 11.1. The number of ether oxygens (including phenoxy) is 1. The third-order valence-corrected chi connectivity index (χ3v) is 7.57. The number of hydrogen-bond donors (Lipinski definition) is 2. The molecule has 0 spiro atoms. The summed E-state index contributed by atoms with van der Waals surface area (Å²) in [7, 11) is -1.96. The lowest BCUT2D eigenvalue weighted by Gasteiger charge is -2.39. The predicted molar refractivity (Wildman–Crippen MR) is 147 cm³/mol. The number of nitrogens with one attached hydrogen (secondary N) is 1. The van der Waals surface area contributed by atoms with E-state index < -0.39 is 33.7 Å². The number of nitrogens with zero attached hydrogens (tertiary/aromatic N) is 1. The molecule has 0 heterocycles. The van der Waals surface area contributed by atoms with Crippen LogP contribution in [-0.4, -0.2) is 44.2 Å². The number of nitrogens with two attached hydrogens (primary N) is 1. The highest BCUT2D eigenvalue weighted by atomic mass is 35.5. The molecule has 202 valence electrons. The molecule has 2 aromatic rings. The van der Waals surface area contributed by atoms with Crippen LogP contribution in [0.3, 0.4) is 0 Å². The molecular weight excluding hydrogens is 537 g/mol. The van der Waals surface area contributed by atoms with Crippen LogP contribution in [0.2, 0.25) is 10.0 Å². The zero-order valence-electron chi connectivity index (χ0n) is 21.6. The molecular formula is C26H33Cl2N3O5S. The number of rotatable bonds is 7. The second-order valence-corrected chi connectivity index (χ2v) is 12.9. The first-order chi connectivity index (χ1) is 17.1. The number of benzene rings is 2. The van der Waals surface area contributed by atoms with Gasteiger partial charge in [0.1, 0.15) is 5.60 Å². The summed E-state index contributed by atoms with van der Waals surface area (Å²) in [4.78, 5) is 26.4. The summed E-state index contributed by atoms with van der Waals surface area (Å²) in [5, 5.41) is 0.872. The molecule has 0 radical (unpaired) electrons. The van der Waals surface area contributed by atoms with Crippen molar-refractivity contribution in [1.82, 2.24) is 4.90 Å². The number of fused-ring (bicyclic) bond motifs is 1. The van der Waals surface area contributed by atoms with Gasteiger partial charge in [0.15, 0.2) is 0 Å². The normalized spacial score (nSPS) is 17.6. The maximum Gasteiger partial charge on any atom is 0.410 e. The highest BCUT2D eigenvalue weighted by Crippen LogP contribution is 2.47. The van der Waals surface area contributed by atoms with E-state index >= 15 is 0 Å².